The molecule has 1 heterocycles. The molecule has 0 atom stereocenters. The third-order valence-corrected chi connectivity index (χ3v) is 5.14. The second kappa shape index (κ2) is 11.9. The molecule has 2 aromatic carbocycles. The summed E-state index contributed by atoms with van der Waals surface area (Å²) in [6.45, 7) is 3.16. The fourth-order valence-corrected chi connectivity index (χ4v) is 3.65. The normalized spacial score (nSPS) is 11.1. The number of guanidine groups is 1. The number of benzene rings is 2. The second-order valence-corrected chi connectivity index (χ2v) is 7.52. The Hall–Kier alpha value is -2.07. The number of hydrogen-bond donors (Lipinski definition) is 2. The molecular weight excluding hydrogens is 512 g/mol. The van der Waals surface area contributed by atoms with Crippen molar-refractivity contribution in [2.45, 2.75) is 25.8 Å². The molecule has 0 saturated heterocycles. The average Bonchev–Trinajstić information content (AvgIpc) is 3.16. The van der Waals surface area contributed by atoms with E-state index in [1.807, 2.05) is 54.4 Å². The van der Waals surface area contributed by atoms with E-state index in [-0.39, 0.29) is 29.8 Å². The Labute approximate surface area is 198 Å². The van der Waals surface area contributed by atoms with Crippen molar-refractivity contribution in [2.75, 3.05) is 13.3 Å². The van der Waals surface area contributed by atoms with Crippen LogP contribution in [0.4, 0.5) is 4.39 Å². The second-order valence-electron chi connectivity index (χ2n) is 6.66. The van der Waals surface area contributed by atoms with Gasteiger partial charge in [-0.25, -0.2) is 9.07 Å². The third-order valence-electron chi connectivity index (χ3n) is 4.55. The number of rotatable bonds is 7. The molecule has 3 aromatic rings. The molecule has 0 spiro atoms. The fraction of sp³-hybridized carbons (Fsp3) is 0.273. The van der Waals surface area contributed by atoms with Crippen LogP contribution < -0.4 is 10.6 Å². The molecule has 8 heteroatoms. The summed E-state index contributed by atoms with van der Waals surface area (Å²) in [5, 5.41) is 11.2. The van der Waals surface area contributed by atoms with Gasteiger partial charge >= 0.3 is 0 Å². The van der Waals surface area contributed by atoms with E-state index < -0.39 is 0 Å². The minimum absolute atomic E-state index is 0. The smallest absolute Gasteiger partial charge is 0.191 e. The maximum atomic E-state index is 13.6. The molecule has 3 rings (SSSR count). The molecule has 0 amide bonds. The Bertz CT molecular complexity index is 989. The lowest BCUT2D eigenvalue weighted by atomic mass is 10.1. The number of hydrogen-bond acceptors (Lipinski definition) is 3. The van der Waals surface area contributed by atoms with Crippen LogP contribution >= 0.6 is 35.7 Å². The van der Waals surface area contributed by atoms with Gasteiger partial charge < -0.3 is 10.6 Å². The lowest BCUT2D eigenvalue weighted by molar-refractivity contribution is 0.625. The first-order valence-corrected chi connectivity index (χ1v) is 10.8. The van der Waals surface area contributed by atoms with Crippen molar-refractivity contribution in [2.24, 2.45) is 4.99 Å². The van der Waals surface area contributed by atoms with Crippen LogP contribution in [-0.4, -0.2) is 29.0 Å². The molecule has 0 unspecified atom stereocenters. The summed E-state index contributed by atoms with van der Waals surface area (Å²) in [6, 6.07) is 15.1. The monoisotopic (exact) mass is 539 g/mol. The number of thioether (sulfide) groups is 1. The maximum Gasteiger partial charge on any atom is 0.191 e. The molecule has 160 valence electrons. The van der Waals surface area contributed by atoms with E-state index in [2.05, 4.69) is 26.8 Å². The Morgan fingerprint density at radius 1 is 1.07 bits per heavy atom. The van der Waals surface area contributed by atoms with Gasteiger partial charge in [0.05, 0.1) is 11.4 Å². The predicted molar refractivity (Wildman–Crippen MR) is 134 cm³/mol. The van der Waals surface area contributed by atoms with Crippen molar-refractivity contribution in [1.82, 2.24) is 20.4 Å². The molecule has 0 radical (unpaired) electrons. The highest BCUT2D eigenvalue weighted by Crippen LogP contribution is 2.17. The summed E-state index contributed by atoms with van der Waals surface area (Å²) in [4.78, 5) is 4.31. The van der Waals surface area contributed by atoms with Crippen LogP contribution in [0.1, 0.15) is 22.4 Å². The largest absolute Gasteiger partial charge is 0.352 e. The molecule has 0 fully saturated rings. The van der Waals surface area contributed by atoms with E-state index in [9.17, 15) is 4.39 Å². The summed E-state index contributed by atoms with van der Waals surface area (Å²) in [6.07, 6.45) is 3.98. The summed E-state index contributed by atoms with van der Waals surface area (Å²) in [5.41, 5.74) is 5.19. The van der Waals surface area contributed by atoms with E-state index in [0.717, 1.165) is 33.8 Å². The predicted octanol–water partition coefficient (Wildman–Crippen LogP) is 4.67. The highest BCUT2D eigenvalue weighted by atomic mass is 127. The molecule has 0 saturated carbocycles. The van der Waals surface area contributed by atoms with Crippen LogP contribution in [0.2, 0.25) is 0 Å². The van der Waals surface area contributed by atoms with Gasteiger partial charge in [0, 0.05) is 32.1 Å². The number of nitrogens with zero attached hydrogens (tertiary/aromatic N) is 3. The van der Waals surface area contributed by atoms with Crippen molar-refractivity contribution < 1.29 is 4.39 Å². The van der Waals surface area contributed by atoms with Gasteiger partial charge in [0.2, 0.25) is 0 Å². The zero-order chi connectivity index (χ0) is 20.6. The Morgan fingerprint density at radius 3 is 2.47 bits per heavy atom. The molecule has 0 aliphatic heterocycles. The first-order valence-electron chi connectivity index (χ1n) is 9.42. The number of aromatic nitrogens is 2. The van der Waals surface area contributed by atoms with Crippen LogP contribution in [0, 0.1) is 12.7 Å². The number of aryl methyl sites for hydroxylation is 1. The molecule has 5 nitrogen and oxygen atoms in total. The maximum absolute atomic E-state index is 13.6. The molecule has 0 bridgehead atoms. The van der Waals surface area contributed by atoms with E-state index in [1.54, 1.807) is 24.9 Å². The Balaban J connectivity index is 0.00000320. The molecule has 1 aromatic heterocycles. The zero-order valence-corrected chi connectivity index (χ0v) is 20.5. The molecule has 0 aliphatic carbocycles. The minimum atomic E-state index is -0.203. The lowest BCUT2D eigenvalue weighted by Gasteiger charge is -2.15. The Morgan fingerprint density at radius 2 is 1.80 bits per heavy atom. The van der Waals surface area contributed by atoms with E-state index in [1.165, 1.54) is 6.07 Å². The van der Waals surface area contributed by atoms with E-state index in [0.29, 0.717) is 19.0 Å². The van der Waals surface area contributed by atoms with Gasteiger partial charge in [-0.05, 0) is 54.1 Å². The van der Waals surface area contributed by atoms with Crippen molar-refractivity contribution >= 4 is 41.7 Å². The van der Waals surface area contributed by atoms with Crippen molar-refractivity contribution in [1.29, 1.82) is 0 Å². The first kappa shape index (κ1) is 24.2. The highest BCUT2D eigenvalue weighted by molar-refractivity contribution is 14.0. The Kier molecular flexibility index (Phi) is 9.64. The van der Waals surface area contributed by atoms with Gasteiger partial charge in [-0.1, -0.05) is 24.3 Å². The van der Waals surface area contributed by atoms with Crippen molar-refractivity contribution in [3.63, 3.8) is 0 Å². The molecule has 30 heavy (non-hydrogen) atoms. The van der Waals surface area contributed by atoms with Crippen LogP contribution in [0.15, 0.2) is 59.7 Å². The van der Waals surface area contributed by atoms with Gasteiger partial charge in [-0.2, -0.15) is 16.9 Å². The van der Waals surface area contributed by atoms with Crippen molar-refractivity contribution in [3.8, 4) is 5.69 Å². The summed E-state index contributed by atoms with van der Waals surface area (Å²) in [5.74, 6) is 1.26. The van der Waals surface area contributed by atoms with Gasteiger partial charge in [0.25, 0.3) is 0 Å². The van der Waals surface area contributed by atoms with Crippen LogP contribution in [-0.2, 0) is 18.8 Å². The topological polar surface area (TPSA) is 54.2 Å². The van der Waals surface area contributed by atoms with Gasteiger partial charge in [-0.3, -0.25) is 4.99 Å². The van der Waals surface area contributed by atoms with Crippen LogP contribution in [0.25, 0.3) is 5.69 Å². The van der Waals surface area contributed by atoms with E-state index >= 15 is 0 Å². The minimum Gasteiger partial charge on any atom is -0.352 e. The zero-order valence-electron chi connectivity index (χ0n) is 17.4. The quantitative estimate of drug-likeness (QED) is 0.261. The number of para-hydroxylation sites is 1. The average molecular weight is 539 g/mol. The lowest BCUT2D eigenvalue weighted by Crippen LogP contribution is -2.36. The number of nitrogens with one attached hydrogen (secondary N) is 2. The van der Waals surface area contributed by atoms with Gasteiger partial charge in [0.1, 0.15) is 5.82 Å². The highest BCUT2D eigenvalue weighted by Gasteiger charge is 2.08. The molecule has 0 aliphatic rings. The standard InChI is InChI=1S/C22H26FN5S.HI/c1-16-10-11-28(27-16)21-7-5-4-6-18(21)14-26-22(24-2)25-13-17-8-9-20(23)12-19(17)15-29-3;/h4-12H,13-15H2,1-3H3,(H2,24,25,26);1H. The van der Waals surface area contributed by atoms with Crippen molar-refractivity contribution in [3.05, 3.63) is 82.9 Å². The van der Waals surface area contributed by atoms with Gasteiger partial charge in [-0.15, -0.1) is 24.0 Å². The van der Waals surface area contributed by atoms with Crippen LogP contribution in [0.5, 0.6) is 0 Å². The summed E-state index contributed by atoms with van der Waals surface area (Å²) < 4.78 is 15.4. The summed E-state index contributed by atoms with van der Waals surface area (Å²) >= 11 is 1.68. The first-order chi connectivity index (χ1) is 14.1. The SMILES string of the molecule is CN=C(NCc1ccc(F)cc1CSC)NCc1ccccc1-n1ccc(C)n1.I. The summed E-state index contributed by atoms with van der Waals surface area (Å²) in [7, 11) is 1.74. The van der Waals surface area contributed by atoms with Crippen LogP contribution in [0.3, 0.4) is 0 Å². The number of halogens is 2. The molecular formula is C22H27FIN5S. The van der Waals surface area contributed by atoms with E-state index in [4.69, 9.17) is 0 Å². The van der Waals surface area contributed by atoms with Gasteiger partial charge in [0.15, 0.2) is 5.96 Å². The third kappa shape index (κ3) is 6.46. The molecule has 2 N–H and O–H groups in total. The number of aliphatic imine (C=N–C) groups is 1. The fourth-order valence-electron chi connectivity index (χ4n) is 3.07.